The van der Waals surface area contributed by atoms with E-state index in [0.29, 0.717) is 19.5 Å². The Hall–Kier alpha value is -0.530. The monoisotopic (exact) mass is 532 g/mol. The van der Waals surface area contributed by atoms with Crippen molar-refractivity contribution in [2.45, 2.75) is 12.4 Å². The van der Waals surface area contributed by atoms with Gasteiger partial charge in [-0.2, -0.15) is 26.3 Å². The quantitative estimate of drug-likeness (QED) is 0.391. The number of hydrogen-bond acceptors (Lipinski definition) is 1. The Morgan fingerprint density at radius 3 is 1.67 bits per heavy atom. The summed E-state index contributed by atoms with van der Waals surface area (Å²) in [6.45, 7) is 0. The summed E-state index contributed by atoms with van der Waals surface area (Å²) in [5.74, 6) is -0.0413. The molecule has 0 spiro atoms. The molecule has 0 atom stereocenters. The van der Waals surface area contributed by atoms with Crippen LogP contribution in [0, 0.1) is 7.40 Å². The highest BCUT2D eigenvalue weighted by Gasteiger charge is 2.37. The zero-order valence-corrected chi connectivity index (χ0v) is 14.0. The second kappa shape index (κ2) is 5.59. The van der Waals surface area contributed by atoms with Gasteiger partial charge in [0.05, 0.1) is 11.1 Å². The van der Waals surface area contributed by atoms with Crippen molar-refractivity contribution in [3.63, 3.8) is 0 Å². The minimum Gasteiger partial charge on any atom is -0.333 e. The van der Waals surface area contributed by atoms with Gasteiger partial charge in [-0.25, -0.2) is 4.98 Å². The lowest BCUT2D eigenvalue weighted by atomic mass is 10.0. The molecular formula is C11H4F6I2N2. The maximum absolute atomic E-state index is 12.7. The second-order valence-corrected chi connectivity index (χ2v) is 6.09. The predicted molar refractivity (Wildman–Crippen MR) is 79.5 cm³/mol. The summed E-state index contributed by atoms with van der Waals surface area (Å²) in [6, 6.07) is 1.36. The Kier molecular flexibility index (Phi) is 4.48. The van der Waals surface area contributed by atoms with Crippen LogP contribution in [0.5, 0.6) is 0 Å². The molecule has 21 heavy (non-hydrogen) atoms. The Balaban J connectivity index is 2.65. The lowest BCUT2D eigenvalue weighted by Gasteiger charge is -2.13. The fourth-order valence-electron chi connectivity index (χ4n) is 1.56. The van der Waals surface area contributed by atoms with Crippen LogP contribution in [0.4, 0.5) is 26.3 Å². The molecule has 0 saturated heterocycles. The molecule has 0 bridgehead atoms. The Labute approximate surface area is 141 Å². The average Bonchev–Trinajstić information content (AvgIpc) is 2.67. The van der Waals surface area contributed by atoms with E-state index in [9.17, 15) is 26.3 Å². The molecule has 1 heterocycles. The molecule has 0 fully saturated rings. The molecule has 0 radical (unpaired) electrons. The number of aromatic amines is 1. The van der Waals surface area contributed by atoms with Crippen LogP contribution in [0.2, 0.25) is 0 Å². The van der Waals surface area contributed by atoms with Crippen LogP contribution in [0.15, 0.2) is 18.2 Å². The van der Waals surface area contributed by atoms with Crippen molar-refractivity contribution in [2.75, 3.05) is 0 Å². The van der Waals surface area contributed by atoms with Crippen LogP contribution in [0.3, 0.4) is 0 Å². The van der Waals surface area contributed by atoms with Crippen LogP contribution in [-0.4, -0.2) is 9.97 Å². The highest BCUT2D eigenvalue weighted by Crippen LogP contribution is 2.38. The van der Waals surface area contributed by atoms with Gasteiger partial charge in [0.25, 0.3) is 0 Å². The van der Waals surface area contributed by atoms with Gasteiger partial charge in [-0.15, -0.1) is 0 Å². The number of H-pyrrole nitrogens is 1. The topological polar surface area (TPSA) is 28.7 Å². The molecule has 0 amide bonds. The Morgan fingerprint density at radius 1 is 0.857 bits per heavy atom. The standard InChI is InChI=1S/C11H4F6I2N2/c12-10(13,14)5-1-4(2-6(3-5)11(15,16)17)9-20-7(18)8(19)21-9/h1-3H,(H,20,21). The van der Waals surface area contributed by atoms with Gasteiger partial charge in [0.2, 0.25) is 0 Å². The minimum absolute atomic E-state index is 0.0413. The van der Waals surface area contributed by atoms with Crippen LogP contribution in [0.1, 0.15) is 11.1 Å². The average molecular weight is 532 g/mol. The summed E-state index contributed by atoms with van der Waals surface area (Å²) in [5.41, 5.74) is -3.00. The predicted octanol–water partition coefficient (Wildman–Crippen LogP) is 5.32. The van der Waals surface area contributed by atoms with Crippen LogP contribution in [-0.2, 0) is 12.4 Å². The normalized spacial score (nSPS) is 12.8. The summed E-state index contributed by atoms with van der Waals surface area (Å²) >= 11 is 3.68. The molecule has 0 unspecified atom stereocenters. The molecule has 1 aromatic heterocycles. The van der Waals surface area contributed by atoms with Crippen LogP contribution in [0.25, 0.3) is 11.4 Å². The molecule has 0 aliphatic rings. The van der Waals surface area contributed by atoms with Gasteiger partial charge >= 0.3 is 12.4 Å². The summed E-state index contributed by atoms with van der Waals surface area (Å²) in [7, 11) is 0. The Bertz CT molecular complexity index is 623. The van der Waals surface area contributed by atoms with E-state index in [4.69, 9.17) is 0 Å². The van der Waals surface area contributed by atoms with E-state index in [1.54, 1.807) is 0 Å². The zero-order valence-electron chi connectivity index (χ0n) is 9.70. The molecule has 10 heteroatoms. The van der Waals surface area contributed by atoms with Gasteiger partial charge in [-0.05, 0) is 63.4 Å². The minimum atomic E-state index is -4.87. The number of halogens is 8. The van der Waals surface area contributed by atoms with E-state index in [2.05, 4.69) is 9.97 Å². The first-order valence-electron chi connectivity index (χ1n) is 5.19. The van der Waals surface area contributed by atoms with E-state index in [-0.39, 0.29) is 17.5 Å². The molecule has 0 aliphatic heterocycles. The third-order valence-electron chi connectivity index (χ3n) is 2.48. The molecule has 1 aromatic carbocycles. The molecule has 1 N–H and O–H groups in total. The highest BCUT2D eigenvalue weighted by atomic mass is 127. The number of nitrogens with zero attached hydrogens (tertiary/aromatic N) is 1. The molecular weight excluding hydrogens is 528 g/mol. The van der Waals surface area contributed by atoms with Gasteiger partial charge in [0.15, 0.2) is 0 Å². The van der Waals surface area contributed by atoms with Gasteiger partial charge in [-0.3, -0.25) is 0 Å². The summed E-state index contributed by atoms with van der Waals surface area (Å²) in [6.07, 6.45) is -9.74. The maximum Gasteiger partial charge on any atom is 0.416 e. The highest BCUT2D eigenvalue weighted by molar-refractivity contribution is 14.1. The number of imidazole rings is 1. The van der Waals surface area contributed by atoms with Crippen molar-refractivity contribution in [1.29, 1.82) is 0 Å². The van der Waals surface area contributed by atoms with Crippen molar-refractivity contribution >= 4 is 45.2 Å². The van der Waals surface area contributed by atoms with Crippen molar-refractivity contribution in [2.24, 2.45) is 0 Å². The van der Waals surface area contributed by atoms with Crippen LogP contribution >= 0.6 is 45.2 Å². The summed E-state index contributed by atoms with van der Waals surface area (Å²) < 4.78 is 77.4. The van der Waals surface area contributed by atoms with Crippen molar-refractivity contribution < 1.29 is 26.3 Å². The first-order valence-corrected chi connectivity index (χ1v) is 7.35. The number of alkyl halides is 6. The first-order chi connectivity index (χ1) is 9.48. The SMILES string of the molecule is FC(F)(F)c1cc(-c2nc(I)c(I)[nH]2)cc(C(F)(F)F)c1. The van der Waals surface area contributed by atoms with Gasteiger partial charge in [0.1, 0.15) is 13.2 Å². The van der Waals surface area contributed by atoms with Crippen molar-refractivity contribution in [3.8, 4) is 11.4 Å². The van der Waals surface area contributed by atoms with Crippen molar-refractivity contribution in [1.82, 2.24) is 9.97 Å². The molecule has 2 aromatic rings. The third kappa shape index (κ3) is 3.81. The molecule has 2 rings (SSSR count). The van der Waals surface area contributed by atoms with Crippen LogP contribution < -0.4 is 0 Å². The van der Waals surface area contributed by atoms with E-state index in [1.807, 2.05) is 45.2 Å². The fraction of sp³-hybridized carbons (Fsp3) is 0.182. The molecule has 114 valence electrons. The van der Waals surface area contributed by atoms with Gasteiger partial charge in [0, 0.05) is 5.56 Å². The molecule has 0 saturated carbocycles. The summed E-state index contributed by atoms with van der Waals surface area (Å²) in [5, 5.41) is 0. The van der Waals surface area contributed by atoms with E-state index < -0.39 is 23.5 Å². The number of hydrogen-bond donors (Lipinski definition) is 1. The summed E-state index contributed by atoms with van der Waals surface area (Å²) in [4.78, 5) is 6.57. The number of rotatable bonds is 1. The Morgan fingerprint density at radius 2 is 1.33 bits per heavy atom. The maximum atomic E-state index is 12.7. The molecule has 0 aliphatic carbocycles. The van der Waals surface area contributed by atoms with E-state index >= 15 is 0 Å². The third-order valence-corrected chi connectivity index (χ3v) is 5.07. The van der Waals surface area contributed by atoms with Gasteiger partial charge < -0.3 is 4.98 Å². The van der Waals surface area contributed by atoms with E-state index in [1.165, 1.54) is 0 Å². The zero-order chi connectivity index (χ0) is 16.0. The lowest BCUT2D eigenvalue weighted by Crippen LogP contribution is -2.11. The second-order valence-electron chi connectivity index (χ2n) is 3.98. The lowest BCUT2D eigenvalue weighted by molar-refractivity contribution is -0.143. The fourth-order valence-corrected chi connectivity index (χ4v) is 2.31. The largest absolute Gasteiger partial charge is 0.416 e. The number of aromatic nitrogens is 2. The van der Waals surface area contributed by atoms with E-state index in [0.717, 1.165) is 0 Å². The smallest absolute Gasteiger partial charge is 0.333 e. The molecule has 2 nitrogen and oxygen atoms in total. The number of nitrogens with one attached hydrogen (secondary N) is 1. The number of benzene rings is 1. The van der Waals surface area contributed by atoms with Gasteiger partial charge in [-0.1, -0.05) is 0 Å². The van der Waals surface area contributed by atoms with Crippen molar-refractivity contribution in [3.05, 3.63) is 36.7 Å². The first kappa shape index (κ1) is 16.8.